The lowest BCUT2D eigenvalue weighted by molar-refractivity contribution is 0.854. The number of aromatic nitrogens is 1. The molecule has 0 aliphatic heterocycles. The predicted octanol–water partition coefficient (Wildman–Crippen LogP) is 2.99. The lowest BCUT2D eigenvalue weighted by Crippen LogP contribution is -2.15. The Morgan fingerprint density at radius 2 is 2.24 bits per heavy atom. The summed E-state index contributed by atoms with van der Waals surface area (Å²) in [5, 5.41) is 1.09. The molecule has 0 fully saturated rings. The van der Waals surface area contributed by atoms with Gasteiger partial charge in [0, 0.05) is 16.3 Å². The SMILES string of the molecule is C=CC(C)NSc1cccc2ccc(N)nc12. The van der Waals surface area contributed by atoms with Crippen LogP contribution in [0.4, 0.5) is 5.82 Å². The molecule has 1 unspecified atom stereocenters. The molecule has 0 spiro atoms. The van der Waals surface area contributed by atoms with Gasteiger partial charge in [0.05, 0.1) is 5.52 Å². The zero-order valence-electron chi connectivity index (χ0n) is 9.68. The first-order valence-corrected chi connectivity index (χ1v) is 6.22. The highest BCUT2D eigenvalue weighted by Crippen LogP contribution is 2.25. The smallest absolute Gasteiger partial charge is 0.124 e. The molecule has 0 bridgehead atoms. The standard InChI is InChI=1S/C13H15N3S/c1-3-9(2)16-17-11-6-4-5-10-7-8-12(14)15-13(10)11/h3-9,16H,1H2,2H3,(H2,14,15). The van der Waals surface area contributed by atoms with Gasteiger partial charge in [0.15, 0.2) is 0 Å². The van der Waals surface area contributed by atoms with Gasteiger partial charge in [0.2, 0.25) is 0 Å². The number of rotatable bonds is 4. The van der Waals surface area contributed by atoms with Gasteiger partial charge in [-0.05, 0) is 37.1 Å². The van der Waals surface area contributed by atoms with Crippen LogP contribution in [0.3, 0.4) is 0 Å². The van der Waals surface area contributed by atoms with E-state index < -0.39 is 0 Å². The quantitative estimate of drug-likeness (QED) is 0.642. The normalized spacial score (nSPS) is 12.5. The van der Waals surface area contributed by atoms with Crippen LogP contribution in [0.5, 0.6) is 0 Å². The maximum atomic E-state index is 5.72. The van der Waals surface area contributed by atoms with E-state index in [0.29, 0.717) is 5.82 Å². The molecule has 0 saturated carbocycles. The lowest BCUT2D eigenvalue weighted by Gasteiger charge is -2.09. The van der Waals surface area contributed by atoms with E-state index in [2.05, 4.69) is 16.3 Å². The van der Waals surface area contributed by atoms with Crippen molar-refractivity contribution < 1.29 is 0 Å². The van der Waals surface area contributed by atoms with Crippen molar-refractivity contribution in [1.82, 2.24) is 9.71 Å². The first-order chi connectivity index (χ1) is 8.20. The number of anilines is 1. The third-order valence-electron chi connectivity index (χ3n) is 2.41. The molecule has 1 atom stereocenters. The fourth-order valence-electron chi connectivity index (χ4n) is 1.42. The average Bonchev–Trinajstić information content (AvgIpc) is 2.35. The summed E-state index contributed by atoms with van der Waals surface area (Å²) in [5.41, 5.74) is 6.65. The first kappa shape index (κ1) is 12.0. The largest absolute Gasteiger partial charge is 0.384 e. The second-order valence-corrected chi connectivity index (χ2v) is 4.69. The van der Waals surface area contributed by atoms with E-state index in [-0.39, 0.29) is 6.04 Å². The van der Waals surface area contributed by atoms with E-state index >= 15 is 0 Å². The van der Waals surface area contributed by atoms with Crippen molar-refractivity contribution in [1.29, 1.82) is 0 Å². The van der Waals surface area contributed by atoms with Crippen molar-refractivity contribution in [2.75, 3.05) is 5.73 Å². The number of nitrogens with two attached hydrogens (primary N) is 1. The molecule has 3 nitrogen and oxygen atoms in total. The molecule has 1 heterocycles. The van der Waals surface area contributed by atoms with Crippen LogP contribution in [0.2, 0.25) is 0 Å². The molecular formula is C13H15N3S. The summed E-state index contributed by atoms with van der Waals surface area (Å²) >= 11 is 1.55. The van der Waals surface area contributed by atoms with E-state index in [9.17, 15) is 0 Å². The Kier molecular flexibility index (Phi) is 3.66. The highest BCUT2D eigenvalue weighted by Gasteiger charge is 2.04. The van der Waals surface area contributed by atoms with E-state index in [4.69, 9.17) is 5.73 Å². The van der Waals surface area contributed by atoms with E-state index in [0.717, 1.165) is 15.8 Å². The van der Waals surface area contributed by atoms with Crippen LogP contribution in [0, 0.1) is 0 Å². The molecule has 1 aromatic carbocycles. The monoisotopic (exact) mass is 245 g/mol. The number of nitrogen functional groups attached to an aromatic ring is 1. The van der Waals surface area contributed by atoms with Gasteiger partial charge >= 0.3 is 0 Å². The number of nitrogens with zero attached hydrogens (tertiary/aromatic N) is 1. The Bertz CT molecular complexity index is 539. The minimum Gasteiger partial charge on any atom is -0.384 e. The van der Waals surface area contributed by atoms with E-state index in [1.165, 1.54) is 0 Å². The van der Waals surface area contributed by atoms with Crippen LogP contribution >= 0.6 is 11.9 Å². The predicted molar refractivity (Wildman–Crippen MR) is 74.8 cm³/mol. The van der Waals surface area contributed by atoms with Gasteiger partial charge < -0.3 is 5.73 Å². The molecule has 0 saturated heterocycles. The molecule has 2 rings (SSSR count). The van der Waals surface area contributed by atoms with Crippen molar-refractivity contribution in [3.63, 3.8) is 0 Å². The Hall–Kier alpha value is -1.52. The molecule has 88 valence electrons. The summed E-state index contributed by atoms with van der Waals surface area (Å²) in [4.78, 5) is 5.44. The fraction of sp³-hybridized carbons (Fsp3) is 0.154. The topological polar surface area (TPSA) is 50.9 Å². The summed E-state index contributed by atoms with van der Waals surface area (Å²) in [6.07, 6.45) is 1.86. The second-order valence-electron chi connectivity index (χ2n) is 3.81. The summed E-state index contributed by atoms with van der Waals surface area (Å²) in [6.45, 7) is 5.79. The summed E-state index contributed by atoms with van der Waals surface area (Å²) in [5.74, 6) is 0.544. The lowest BCUT2D eigenvalue weighted by atomic mass is 10.2. The number of fused-ring (bicyclic) bond motifs is 1. The van der Waals surface area contributed by atoms with Crippen molar-refractivity contribution in [2.24, 2.45) is 0 Å². The minimum atomic E-state index is 0.247. The molecule has 0 radical (unpaired) electrons. The number of para-hydroxylation sites is 1. The van der Waals surface area contributed by atoms with Crippen LogP contribution in [0.1, 0.15) is 6.92 Å². The van der Waals surface area contributed by atoms with E-state index in [1.807, 2.05) is 43.3 Å². The number of nitrogens with one attached hydrogen (secondary N) is 1. The highest BCUT2D eigenvalue weighted by molar-refractivity contribution is 7.97. The van der Waals surface area contributed by atoms with E-state index in [1.54, 1.807) is 11.9 Å². The van der Waals surface area contributed by atoms with Gasteiger partial charge in [-0.25, -0.2) is 4.98 Å². The van der Waals surface area contributed by atoms with Gasteiger partial charge in [-0.15, -0.1) is 6.58 Å². The Morgan fingerprint density at radius 1 is 1.41 bits per heavy atom. The molecule has 4 heteroatoms. The van der Waals surface area contributed by atoms with Crippen LogP contribution < -0.4 is 10.5 Å². The maximum absolute atomic E-state index is 5.72. The molecule has 1 aromatic heterocycles. The Labute approximate surface area is 105 Å². The van der Waals surface area contributed by atoms with Crippen LogP contribution in [-0.2, 0) is 0 Å². The zero-order valence-corrected chi connectivity index (χ0v) is 10.5. The molecule has 0 aliphatic rings. The summed E-state index contributed by atoms with van der Waals surface area (Å²) in [6, 6.07) is 10.1. The molecule has 17 heavy (non-hydrogen) atoms. The molecule has 0 amide bonds. The van der Waals surface area contributed by atoms with Gasteiger partial charge in [0.25, 0.3) is 0 Å². The van der Waals surface area contributed by atoms with Gasteiger partial charge in [0.1, 0.15) is 5.82 Å². The van der Waals surface area contributed by atoms with Crippen molar-refractivity contribution in [3.05, 3.63) is 43.0 Å². The summed E-state index contributed by atoms with van der Waals surface area (Å²) < 4.78 is 3.28. The first-order valence-electron chi connectivity index (χ1n) is 5.41. The number of hydrogen-bond acceptors (Lipinski definition) is 4. The highest BCUT2D eigenvalue weighted by atomic mass is 32.2. The maximum Gasteiger partial charge on any atom is 0.124 e. The molecule has 3 N–H and O–H groups in total. The fourth-order valence-corrected chi connectivity index (χ4v) is 2.24. The third-order valence-corrected chi connectivity index (χ3v) is 3.45. The second kappa shape index (κ2) is 5.21. The molecule has 2 aromatic rings. The van der Waals surface area contributed by atoms with Gasteiger partial charge in [-0.2, -0.15) is 0 Å². The van der Waals surface area contributed by atoms with Crippen LogP contribution in [-0.4, -0.2) is 11.0 Å². The molecular weight excluding hydrogens is 230 g/mol. The van der Waals surface area contributed by atoms with Crippen molar-refractivity contribution >= 4 is 28.7 Å². The van der Waals surface area contributed by atoms with Gasteiger partial charge in [-0.1, -0.05) is 18.2 Å². The van der Waals surface area contributed by atoms with Crippen LogP contribution in [0.25, 0.3) is 10.9 Å². The minimum absolute atomic E-state index is 0.247. The number of pyridine rings is 1. The number of benzene rings is 1. The summed E-state index contributed by atoms with van der Waals surface area (Å²) in [7, 11) is 0. The number of hydrogen-bond donors (Lipinski definition) is 2. The molecule has 0 aliphatic carbocycles. The third kappa shape index (κ3) is 2.78. The van der Waals surface area contributed by atoms with Gasteiger partial charge in [-0.3, -0.25) is 4.72 Å². The van der Waals surface area contributed by atoms with Crippen LogP contribution in [0.15, 0.2) is 47.9 Å². The Balaban J connectivity index is 2.33. The average molecular weight is 245 g/mol. The van der Waals surface area contributed by atoms with Crippen molar-refractivity contribution in [2.45, 2.75) is 17.9 Å². The van der Waals surface area contributed by atoms with Crippen molar-refractivity contribution in [3.8, 4) is 0 Å². The Morgan fingerprint density at radius 3 is 3.00 bits per heavy atom. The zero-order chi connectivity index (χ0) is 12.3.